The molecular formula is C9H5BrClFN2. The average molecular weight is 276 g/mol. The van der Waals surface area contributed by atoms with Gasteiger partial charge in [0.2, 0.25) is 5.95 Å². The Morgan fingerprint density at radius 2 is 2.14 bits per heavy atom. The van der Waals surface area contributed by atoms with Crippen LogP contribution < -0.4 is 0 Å². The molecule has 2 aromatic rings. The van der Waals surface area contributed by atoms with Gasteiger partial charge in [0.15, 0.2) is 0 Å². The Kier molecular flexibility index (Phi) is 2.56. The van der Waals surface area contributed by atoms with Crippen molar-refractivity contribution in [2.75, 3.05) is 0 Å². The first-order valence-corrected chi connectivity index (χ1v) is 5.00. The highest BCUT2D eigenvalue weighted by Crippen LogP contribution is 2.23. The third kappa shape index (κ3) is 1.81. The molecule has 0 aliphatic carbocycles. The second kappa shape index (κ2) is 3.71. The van der Waals surface area contributed by atoms with Gasteiger partial charge in [-0.05, 0) is 18.2 Å². The first kappa shape index (κ1) is 9.68. The molecule has 0 spiro atoms. The third-order valence-electron chi connectivity index (χ3n) is 1.71. The van der Waals surface area contributed by atoms with E-state index in [0.717, 1.165) is 4.47 Å². The molecule has 0 atom stereocenters. The lowest BCUT2D eigenvalue weighted by molar-refractivity contribution is 0.566. The van der Waals surface area contributed by atoms with Crippen molar-refractivity contribution in [3.8, 4) is 5.69 Å². The minimum Gasteiger partial charge on any atom is -0.236 e. The van der Waals surface area contributed by atoms with E-state index in [4.69, 9.17) is 11.6 Å². The molecule has 5 heteroatoms. The smallest absolute Gasteiger partial charge is 0.233 e. The highest BCUT2D eigenvalue weighted by atomic mass is 79.9. The van der Waals surface area contributed by atoms with Crippen LogP contribution in [-0.4, -0.2) is 9.78 Å². The molecule has 0 saturated heterocycles. The van der Waals surface area contributed by atoms with E-state index in [1.54, 1.807) is 12.1 Å². The lowest BCUT2D eigenvalue weighted by Gasteiger charge is -2.03. The fourth-order valence-electron chi connectivity index (χ4n) is 1.10. The van der Waals surface area contributed by atoms with Crippen molar-refractivity contribution < 1.29 is 4.39 Å². The Balaban J connectivity index is 2.55. The molecule has 1 aromatic carbocycles. The lowest BCUT2D eigenvalue weighted by Crippen LogP contribution is -1.96. The quantitative estimate of drug-likeness (QED) is 0.780. The summed E-state index contributed by atoms with van der Waals surface area (Å²) in [5.41, 5.74) is 0.643. The summed E-state index contributed by atoms with van der Waals surface area (Å²) in [5.74, 6) is -0.527. The highest BCUT2D eigenvalue weighted by molar-refractivity contribution is 9.10. The van der Waals surface area contributed by atoms with Crippen molar-refractivity contribution in [3.05, 3.63) is 45.9 Å². The van der Waals surface area contributed by atoms with Gasteiger partial charge in [0.1, 0.15) is 0 Å². The number of aromatic nitrogens is 2. The summed E-state index contributed by atoms with van der Waals surface area (Å²) in [6, 6.07) is 6.58. The molecule has 0 saturated carbocycles. The van der Waals surface area contributed by atoms with Gasteiger partial charge in [-0.3, -0.25) is 0 Å². The monoisotopic (exact) mass is 274 g/mol. The summed E-state index contributed by atoms with van der Waals surface area (Å²) in [6.45, 7) is 0. The summed E-state index contributed by atoms with van der Waals surface area (Å²) < 4.78 is 14.9. The standard InChI is InChI=1S/C9H5BrClFN2/c10-6-1-2-7(11)8(5-6)14-4-3-9(12)13-14/h1-5H. The number of benzene rings is 1. The van der Waals surface area contributed by atoms with E-state index in [1.807, 2.05) is 6.07 Å². The molecule has 2 rings (SSSR count). The lowest BCUT2D eigenvalue weighted by atomic mass is 10.3. The number of hydrogen-bond donors (Lipinski definition) is 0. The van der Waals surface area contributed by atoms with Crippen LogP contribution in [0.1, 0.15) is 0 Å². The van der Waals surface area contributed by atoms with Crippen molar-refractivity contribution in [1.82, 2.24) is 9.78 Å². The first-order chi connectivity index (χ1) is 6.66. The minimum atomic E-state index is -0.527. The predicted octanol–water partition coefficient (Wildman–Crippen LogP) is 3.43. The molecule has 0 aliphatic rings. The molecular weight excluding hydrogens is 270 g/mol. The van der Waals surface area contributed by atoms with E-state index >= 15 is 0 Å². The Morgan fingerprint density at radius 3 is 2.79 bits per heavy atom. The van der Waals surface area contributed by atoms with Crippen LogP contribution in [0.25, 0.3) is 5.69 Å². The maximum atomic E-state index is 12.7. The Morgan fingerprint density at radius 1 is 1.36 bits per heavy atom. The van der Waals surface area contributed by atoms with Gasteiger partial charge in [0.25, 0.3) is 0 Å². The first-order valence-electron chi connectivity index (χ1n) is 3.83. The second-order valence-corrected chi connectivity index (χ2v) is 4.00. The van der Waals surface area contributed by atoms with Crippen molar-refractivity contribution in [3.63, 3.8) is 0 Å². The van der Waals surface area contributed by atoms with Crippen molar-refractivity contribution in [2.45, 2.75) is 0 Å². The van der Waals surface area contributed by atoms with Gasteiger partial charge < -0.3 is 0 Å². The molecule has 0 unspecified atom stereocenters. The van der Waals surface area contributed by atoms with Gasteiger partial charge in [0.05, 0.1) is 10.7 Å². The van der Waals surface area contributed by atoms with Gasteiger partial charge in [-0.15, -0.1) is 5.10 Å². The largest absolute Gasteiger partial charge is 0.236 e. The maximum absolute atomic E-state index is 12.7. The molecule has 0 radical (unpaired) electrons. The Labute approximate surface area is 93.4 Å². The van der Waals surface area contributed by atoms with Crippen LogP contribution >= 0.6 is 27.5 Å². The fraction of sp³-hybridized carbons (Fsp3) is 0. The van der Waals surface area contributed by atoms with E-state index in [-0.39, 0.29) is 0 Å². The zero-order chi connectivity index (χ0) is 10.1. The van der Waals surface area contributed by atoms with Crippen LogP contribution in [-0.2, 0) is 0 Å². The van der Waals surface area contributed by atoms with Crippen molar-refractivity contribution in [1.29, 1.82) is 0 Å². The van der Waals surface area contributed by atoms with Crippen LogP contribution in [0, 0.1) is 5.95 Å². The number of hydrogen-bond acceptors (Lipinski definition) is 1. The maximum Gasteiger partial charge on any atom is 0.233 e. The van der Waals surface area contributed by atoms with Crippen LogP contribution in [0.15, 0.2) is 34.9 Å². The third-order valence-corrected chi connectivity index (χ3v) is 2.52. The summed E-state index contributed by atoms with van der Waals surface area (Å²) >= 11 is 9.24. The van der Waals surface area contributed by atoms with Crippen LogP contribution in [0.5, 0.6) is 0 Å². The van der Waals surface area contributed by atoms with E-state index in [1.165, 1.54) is 16.9 Å². The van der Waals surface area contributed by atoms with Gasteiger partial charge in [0, 0.05) is 16.7 Å². The number of rotatable bonds is 1. The van der Waals surface area contributed by atoms with Crippen LogP contribution in [0.3, 0.4) is 0 Å². The van der Waals surface area contributed by atoms with Crippen LogP contribution in [0.4, 0.5) is 4.39 Å². The zero-order valence-electron chi connectivity index (χ0n) is 6.92. The average Bonchev–Trinajstić information content (AvgIpc) is 2.56. The molecule has 0 aliphatic heterocycles. The predicted molar refractivity (Wildman–Crippen MR) is 56.2 cm³/mol. The van der Waals surface area contributed by atoms with Crippen molar-refractivity contribution >= 4 is 27.5 Å². The second-order valence-electron chi connectivity index (χ2n) is 2.68. The number of halogens is 3. The van der Waals surface area contributed by atoms with E-state index in [0.29, 0.717) is 10.7 Å². The highest BCUT2D eigenvalue weighted by Gasteiger charge is 2.05. The van der Waals surface area contributed by atoms with Gasteiger partial charge in [-0.25, -0.2) is 4.68 Å². The molecule has 1 heterocycles. The Hall–Kier alpha value is -0.870. The Bertz CT molecular complexity index is 470. The van der Waals surface area contributed by atoms with Gasteiger partial charge >= 0.3 is 0 Å². The molecule has 0 fully saturated rings. The molecule has 0 bridgehead atoms. The van der Waals surface area contributed by atoms with E-state index in [9.17, 15) is 4.39 Å². The molecule has 2 nitrogen and oxygen atoms in total. The van der Waals surface area contributed by atoms with Crippen molar-refractivity contribution in [2.24, 2.45) is 0 Å². The van der Waals surface area contributed by atoms with Gasteiger partial charge in [-0.1, -0.05) is 27.5 Å². The zero-order valence-corrected chi connectivity index (χ0v) is 9.26. The topological polar surface area (TPSA) is 17.8 Å². The molecule has 14 heavy (non-hydrogen) atoms. The number of nitrogens with zero attached hydrogens (tertiary/aromatic N) is 2. The fourth-order valence-corrected chi connectivity index (χ4v) is 1.65. The summed E-state index contributed by atoms with van der Waals surface area (Å²) in [5, 5.41) is 4.15. The molecule has 0 amide bonds. The van der Waals surface area contributed by atoms with Gasteiger partial charge in [-0.2, -0.15) is 4.39 Å². The summed E-state index contributed by atoms with van der Waals surface area (Å²) in [6.07, 6.45) is 1.52. The normalized spacial score (nSPS) is 10.5. The minimum absolute atomic E-state index is 0.524. The summed E-state index contributed by atoms with van der Waals surface area (Å²) in [7, 11) is 0. The van der Waals surface area contributed by atoms with Crippen LogP contribution in [0.2, 0.25) is 5.02 Å². The van der Waals surface area contributed by atoms with E-state index < -0.39 is 5.95 Å². The molecule has 72 valence electrons. The molecule has 1 aromatic heterocycles. The summed E-state index contributed by atoms with van der Waals surface area (Å²) in [4.78, 5) is 0. The SMILES string of the molecule is Fc1ccn(-c2cc(Br)ccc2Cl)n1. The molecule has 0 N–H and O–H groups in total. The van der Waals surface area contributed by atoms with E-state index in [2.05, 4.69) is 21.0 Å².